The lowest BCUT2D eigenvalue weighted by atomic mass is 10.1. The maximum Gasteiger partial charge on any atom is 0.319 e. The lowest BCUT2D eigenvalue weighted by molar-refractivity contribution is 0.0699. The van der Waals surface area contributed by atoms with Gasteiger partial charge in [0.1, 0.15) is 0 Å². The van der Waals surface area contributed by atoms with Crippen LogP contribution in [0.1, 0.15) is 35.3 Å². The van der Waals surface area contributed by atoms with E-state index in [-0.39, 0.29) is 44.2 Å². The smallest absolute Gasteiger partial charge is 0.319 e. The summed E-state index contributed by atoms with van der Waals surface area (Å²) in [6, 6.07) is 11.7. The molecule has 2 aromatic carbocycles. The summed E-state index contributed by atoms with van der Waals surface area (Å²) in [6.45, 7) is 8.39. The number of carbonyl (C=O) groups is 2. The maximum atomic E-state index is 13.1. The van der Waals surface area contributed by atoms with Crippen LogP contribution in [-0.2, 0) is 10.0 Å². The molecule has 3 rings (SSSR count). The van der Waals surface area contributed by atoms with Gasteiger partial charge in [0.05, 0.1) is 16.1 Å². The first-order chi connectivity index (χ1) is 15.1. The predicted octanol–water partition coefficient (Wildman–Crippen LogP) is 2.98. The lowest BCUT2D eigenvalue weighted by Gasteiger charge is -2.34. The molecule has 0 aromatic heterocycles. The van der Waals surface area contributed by atoms with Crippen molar-refractivity contribution in [2.45, 2.75) is 38.6 Å². The summed E-state index contributed by atoms with van der Waals surface area (Å²) in [5.41, 5.74) is 2.51. The average molecular weight is 459 g/mol. The van der Waals surface area contributed by atoms with Gasteiger partial charge in [0.2, 0.25) is 10.0 Å². The van der Waals surface area contributed by atoms with Crippen molar-refractivity contribution in [3.63, 3.8) is 0 Å². The summed E-state index contributed by atoms with van der Waals surface area (Å²) >= 11 is 0. The van der Waals surface area contributed by atoms with Crippen molar-refractivity contribution < 1.29 is 18.0 Å². The third-order valence-corrected chi connectivity index (χ3v) is 7.36. The molecular weight excluding hydrogens is 428 g/mol. The van der Waals surface area contributed by atoms with Crippen molar-refractivity contribution >= 4 is 27.6 Å². The number of hydrogen-bond donors (Lipinski definition) is 2. The van der Waals surface area contributed by atoms with Crippen LogP contribution in [0.2, 0.25) is 0 Å². The first-order valence-corrected chi connectivity index (χ1v) is 12.1. The Labute approximate surface area is 189 Å². The summed E-state index contributed by atoms with van der Waals surface area (Å²) < 4.78 is 27.6. The molecule has 0 atom stereocenters. The van der Waals surface area contributed by atoms with E-state index < -0.39 is 10.0 Å². The van der Waals surface area contributed by atoms with Crippen LogP contribution in [0.5, 0.6) is 0 Å². The molecule has 9 heteroatoms. The molecule has 0 bridgehead atoms. The second-order valence-corrected chi connectivity index (χ2v) is 10.2. The van der Waals surface area contributed by atoms with Crippen molar-refractivity contribution in [3.05, 3.63) is 59.2 Å². The Morgan fingerprint density at radius 2 is 1.62 bits per heavy atom. The fourth-order valence-corrected chi connectivity index (χ4v) is 5.36. The van der Waals surface area contributed by atoms with Gasteiger partial charge in [-0.3, -0.25) is 4.79 Å². The number of nitrogens with zero attached hydrogens (tertiary/aromatic N) is 2. The van der Waals surface area contributed by atoms with Gasteiger partial charge >= 0.3 is 6.03 Å². The average Bonchev–Trinajstić information content (AvgIpc) is 2.73. The van der Waals surface area contributed by atoms with Gasteiger partial charge in [0.15, 0.2) is 0 Å². The Hall–Kier alpha value is -2.91. The number of sulfonamides is 1. The molecule has 0 unspecified atom stereocenters. The molecule has 8 nitrogen and oxygen atoms in total. The number of nitrogens with one attached hydrogen (secondary N) is 2. The topological polar surface area (TPSA) is 98.8 Å². The van der Waals surface area contributed by atoms with Gasteiger partial charge < -0.3 is 15.5 Å². The van der Waals surface area contributed by atoms with Crippen LogP contribution >= 0.6 is 0 Å². The maximum absolute atomic E-state index is 13.1. The highest BCUT2D eigenvalue weighted by Crippen LogP contribution is 2.23. The number of urea groups is 1. The van der Waals surface area contributed by atoms with Crippen molar-refractivity contribution in [1.82, 2.24) is 14.5 Å². The Morgan fingerprint density at radius 3 is 2.25 bits per heavy atom. The zero-order valence-electron chi connectivity index (χ0n) is 18.9. The molecule has 0 aliphatic carbocycles. The molecule has 0 radical (unpaired) electrons. The van der Waals surface area contributed by atoms with Crippen molar-refractivity contribution in [2.24, 2.45) is 0 Å². The Morgan fingerprint density at radius 1 is 0.969 bits per heavy atom. The normalized spacial score (nSPS) is 15.0. The summed E-state index contributed by atoms with van der Waals surface area (Å²) in [5.74, 6) is -0.242. The van der Waals surface area contributed by atoms with Gasteiger partial charge in [0, 0.05) is 32.2 Å². The lowest BCUT2D eigenvalue weighted by Crippen LogP contribution is -2.50. The molecule has 2 aromatic rings. The van der Waals surface area contributed by atoms with E-state index in [2.05, 4.69) is 10.6 Å². The summed E-state index contributed by atoms with van der Waals surface area (Å²) in [7, 11) is -3.63. The van der Waals surface area contributed by atoms with Crippen LogP contribution in [0.4, 0.5) is 10.5 Å². The van der Waals surface area contributed by atoms with E-state index in [0.29, 0.717) is 21.7 Å². The Kier molecular flexibility index (Phi) is 7.20. The molecule has 1 fully saturated rings. The van der Waals surface area contributed by atoms with E-state index in [4.69, 9.17) is 0 Å². The molecule has 3 amide bonds. The number of hydrogen-bond acceptors (Lipinski definition) is 4. The minimum Gasteiger partial charge on any atom is -0.336 e. The summed E-state index contributed by atoms with van der Waals surface area (Å²) in [5, 5.41) is 5.46. The fraction of sp³-hybridized carbons (Fsp3) is 0.391. The second-order valence-electron chi connectivity index (χ2n) is 8.26. The molecule has 32 heavy (non-hydrogen) atoms. The van der Waals surface area contributed by atoms with E-state index >= 15 is 0 Å². The minimum absolute atomic E-state index is 0.0370. The van der Waals surface area contributed by atoms with E-state index in [1.165, 1.54) is 4.31 Å². The number of rotatable bonds is 5. The zero-order valence-corrected chi connectivity index (χ0v) is 19.7. The highest BCUT2D eigenvalue weighted by molar-refractivity contribution is 7.89. The predicted molar refractivity (Wildman–Crippen MR) is 124 cm³/mol. The number of carbonyl (C=O) groups excluding carboxylic acids is 2. The second kappa shape index (κ2) is 9.70. The molecule has 1 saturated heterocycles. The highest BCUT2D eigenvalue weighted by atomic mass is 32.2. The number of anilines is 1. The van der Waals surface area contributed by atoms with E-state index in [0.717, 1.165) is 5.56 Å². The summed E-state index contributed by atoms with van der Waals surface area (Å²) in [4.78, 5) is 27.1. The Balaban J connectivity index is 1.71. The van der Waals surface area contributed by atoms with E-state index in [9.17, 15) is 18.0 Å². The van der Waals surface area contributed by atoms with Gasteiger partial charge in [-0.2, -0.15) is 4.31 Å². The van der Waals surface area contributed by atoms with Crippen LogP contribution in [0.15, 0.2) is 47.4 Å². The van der Waals surface area contributed by atoms with Crippen LogP contribution < -0.4 is 10.6 Å². The molecule has 1 aliphatic heterocycles. The summed E-state index contributed by atoms with van der Waals surface area (Å²) in [6.07, 6.45) is 0. The van der Waals surface area contributed by atoms with Gasteiger partial charge in [-0.15, -0.1) is 0 Å². The number of benzene rings is 2. The molecule has 1 aliphatic rings. The monoisotopic (exact) mass is 458 g/mol. The standard InChI is InChI=1S/C23H30N4O4S/c1-16(2)24-23(29)25-20-8-6-5-7-19(20)22(28)26-11-13-27(14-12-26)32(30,31)21-10-9-17(3)15-18(21)4/h5-10,15-16H,11-14H2,1-4H3,(H2,24,25,29). The fourth-order valence-electron chi connectivity index (χ4n) is 3.73. The largest absolute Gasteiger partial charge is 0.336 e. The first kappa shape index (κ1) is 23.7. The molecule has 0 saturated carbocycles. The zero-order chi connectivity index (χ0) is 23.5. The third-order valence-electron chi connectivity index (χ3n) is 5.30. The molecule has 1 heterocycles. The van der Waals surface area contributed by atoms with Gasteiger partial charge in [0.25, 0.3) is 5.91 Å². The molecule has 2 N–H and O–H groups in total. The molecule has 0 spiro atoms. The number of piperazine rings is 1. The van der Waals surface area contributed by atoms with Gasteiger partial charge in [-0.05, 0) is 51.5 Å². The van der Waals surface area contributed by atoms with Crippen LogP contribution in [0, 0.1) is 13.8 Å². The van der Waals surface area contributed by atoms with Gasteiger partial charge in [-0.25, -0.2) is 13.2 Å². The number of aryl methyl sites for hydroxylation is 2. The van der Waals surface area contributed by atoms with Gasteiger partial charge in [-0.1, -0.05) is 29.8 Å². The number of amides is 3. The van der Waals surface area contributed by atoms with Crippen LogP contribution in [0.3, 0.4) is 0 Å². The van der Waals surface area contributed by atoms with Crippen LogP contribution in [-0.4, -0.2) is 61.8 Å². The van der Waals surface area contributed by atoms with Crippen LogP contribution in [0.25, 0.3) is 0 Å². The van der Waals surface area contributed by atoms with E-state index in [1.54, 1.807) is 48.2 Å². The SMILES string of the molecule is Cc1ccc(S(=O)(=O)N2CCN(C(=O)c3ccccc3NC(=O)NC(C)C)CC2)c(C)c1. The van der Waals surface area contributed by atoms with Crippen molar-refractivity contribution in [1.29, 1.82) is 0 Å². The third kappa shape index (κ3) is 5.28. The molecular formula is C23H30N4O4S. The first-order valence-electron chi connectivity index (χ1n) is 10.6. The van der Waals surface area contributed by atoms with Crippen molar-refractivity contribution in [3.8, 4) is 0 Å². The quantitative estimate of drug-likeness (QED) is 0.720. The van der Waals surface area contributed by atoms with Crippen molar-refractivity contribution in [2.75, 3.05) is 31.5 Å². The minimum atomic E-state index is -3.63. The van der Waals surface area contributed by atoms with E-state index in [1.807, 2.05) is 26.8 Å². The number of para-hydroxylation sites is 1. The molecule has 172 valence electrons. The highest BCUT2D eigenvalue weighted by Gasteiger charge is 2.32. The Bertz CT molecular complexity index is 1110.